The van der Waals surface area contributed by atoms with Crippen molar-refractivity contribution < 1.29 is 0 Å². The average Bonchev–Trinajstić information content (AvgIpc) is 3.31. The van der Waals surface area contributed by atoms with E-state index in [4.69, 9.17) is 0 Å². The minimum atomic E-state index is 0.296. The smallest absolute Gasteiger partial charge is 0.0644 e. The molecule has 3 heterocycles. The summed E-state index contributed by atoms with van der Waals surface area (Å²) in [5.41, 5.74) is 4.17. The summed E-state index contributed by atoms with van der Waals surface area (Å²) in [6, 6.07) is 20.8. The molecule has 33 heavy (non-hydrogen) atoms. The van der Waals surface area contributed by atoms with Gasteiger partial charge in [0.05, 0.1) is 12.3 Å². The Hall–Kier alpha value is -1.80. The predicted octanol–water partition coefficient (Wildman–Crippen LogP) is 2.63. The maximum atomic E-state index is 3.86. The lowest BCUT2D eigenvalue weighted by atomic mass is 9.94. The van der Waals surface area contributed by atoms with Crippen LogP contribution in [0.25, 0.3) is 0 Å². The fourth-order valence-corrected chi connectivity index (χ4v) is 5.68. The highest BCUT2D eigenvalue weighted by atomic mass is 15.3. The monoisotopic (exact) mass is 448 g/mol. The van der Waals surface area contributed by atoms with Gasteiger partial charge in [-0.15, -0.1) is 0 Å². The molecular weight excluding hydrogens is 408 g/mol. The SMILES string of the molecule is CCN1CCN(Cc2ccc([C@@H]3C[C@H]4[C@@H](N[C@H](C)c5ccccc5)NCN[C@H]4N3)cc2)CC1. The van der Waals surface area contributed by atoms with Crippen molar-refractivity contribution in [2.75, 3.05) is 39.4 Å². The average molecular weight is 449 g/mol. The Bertz CT molecular complexity index is 864. The molecule has 3 aliphatic heterocycles. The molecule has 0 bridgehead atoms. The van der Waals surface area contributed by atoms with Crippen LogP contribution in [0.15, 0.2) is 54.6 Å². The number of nitrogens with one attached hydrogen (secondary N) is 4. The lowest BCUT2D eigenvalue weighted by Crippen LogP contribution is -2.63. The van der Waals surface area contributed by atoms with Gasteiger partial charge in [0.25, 0.3) is 0 Å². The summed E-state index contributed by atoms with van der Waals surface area (Å²) in [6.07, 6.45) is 1.76. The van der Waals surface area contributed by atoms with Crippen LogP contribution >= 0.6 is 0 Å². The van der Waals surface area contributed by atoms with Gasteiger partial charge >= 0.3 is 0 Å². The highest BCUT2D eigenvalue weighted by molar-refractivity contribution is 5.27. The van der Waals surface area contributed by atoms with E-state index in [2.05, 4.69) is 99.5 Å². The highest BCUT2D eigenvalue weighted by Crippen LogP contribution is 2.34. The van der Waals surface area contributed by atoms with E-state index in [9.17, 15) is 0 Å². The fraction of sp³-hybridized carbons (Fsp3) is 0.556. The molecule has 6 nitrogen and oxygen atoms in total. The minimum absolute atomic E-state index is 0.296. The molecule has 0 unspecified atom stereocenters. The summed E-state index contributed by atoms with van der Waals surface area (Å²) in [7, 11) is 0. The van der Waals surface area contributed by atoms with Crippen LogP contribution in [0.2, 0.25) is 0 Å². The molecule has 2 aromatic rings. The molecule has 0 radical (unpaired) electrons. The third-order valence-corrected chi connectivity index (χ3v) is 7.82. The lowest BCUT2D eigenvalue weighted by Gasteiger charge is -2.37. The Morgan fingerprint density at radius 1 is 0.939 bits per heavy atom. The molecule has 0 amide bonds. The first-order valence-electron chi connectivity index (χ1n) is 12.8. The molecule has 0 spiro atoms. The van der Waals surface area contributed by atoms with Crippen LogP contribution in [-0.2, 0) is 6.54 Å². The van der Waals surface area contributed by atoms with Crippen molar-refractivity contribution in [2.24, 2.45) is 5.92 Å². The molecule has 3 fully saturated rings. The van der Waals surface area contributed by atoms with Crippen LogP contribution in [0.3, 0.4) is 0 Å². The van der Waals surface area contributed by atoms with Crippen molar-refractivity contribution in [3.05, 3.63) is 71.3 Å². The Morgan fingerprint density at radius 2 is 1.67 bits per heavy atom. The summed E-state index contributed by atoms with van der Waals surface area (Å²) in [6.45, 7) is 12.3. The summed E-state index contributed by atoms with van der Waals surface area (Å²) < 4.78 is 0. The fourth-order valence-electron chi connectivity index (χ4n) is 5.68. The molecule has 5 atom stereocenters. The molecule has 5 rings (SSSR count). The number of likely N-dealkylation sites (N-methyl/N-ethyl adjacent to an activating group) is 1. The van der Waals surface area contributed by atoms with Crippen LogP contribution < -0.4 is 21.3 Å². The Balaban J connectivity index is 1.17. The van der Waals surface area contributed by atoms with Crippen molar-refractivity contribution in [2.45, 2.75) is 51.2 Å². The first kappa shape index (κ1) is 23.0. The molecule has 2 aromatic carbocycles. The highest BCUT2D eigenvalue weighted by Gasteiger charge is 2.41. The summed E-state index contributed by atoms with van der Waals surface area (Å²) in [5.74, 6) is 0.504. The first-order valence-corrected chi connectivity index (χ1v) is 12.8. The van der Waals surface area contributed by atoms with Gasteiger partial charge in [-0.25, -0.2) is 0 Å². The molecule has 3 saturated heterocycles. The second kappa shape index (κ2) is 10.6. The number of benzene rings is 2. The van der Waals surface area contributed by atoms with Gasteiger partial charge in [0.15, 0.2) is 0 Å². The van der Waals surface area contributed by atoms with E-state index < -0.39 is 0 Å². The Labute approximate surface area is 199 Å². The standard InChI is InChI=1S/C27H40N6/c1-3-32-13-15-33(16-14-32)18-21-9-11-23(12-10-21)25-17-24-26(28-19-29-27(24)31-25)30-20(2)22-7-5-4-6-8-22/h4-12,20,24-31H,3,13-19H2,1-2H3/t20-,24+,25+,26-,27+/m1/s1. The molecule has 3 aliphatic rings. The maximum absolute atomic E-state index is 3.86. The van der Waals surface area contributed by atoms with Gasteiger partial charge in [0.1, 0.15) is 0 Å². The summed E-state index contributed by atoms with van der Waals surface area (Å²) >= 11 is 0. The van der Waals surface area contributed by atoms with Gasteiger partial charge in [-0.3, -0.25) is 26.2 Å². The van der Waals surface area contributed by atoms with E-state index in [1.807, 2.05) is 0 Å². The quantitative estimate of drug-likeness (QED) is 0.523. The van der Waals surface area contributed by atoms with Crippen LogP contribution in [0.5, 0.6) is 0 Å². The van der Waals surface area contributed by atoms with Gasteiger partial charge in [0, 0.05) is 57.4 Å². The largest absolute Gasteiger partial charge is 0.301 e. The van der Waals surface area contributed by atoms with E-state index in [0.717, 1.165) is 19.6 Å². The van der Waals surface area contributed by atoms with Crippen molar-refractivity contribution in [1.29, 1.82) is 0 Å². The molecule has 178 valence electrons. The van der Waals surface area contributed by atoms with Crippen molar-refractivity contribution >= 4 is 0 Å². The van der Waals surface area contributed by atoms with Gasteiger partial charge in [-0.1, -0.05) is 61.5 Å². The number of piperazine rings is 1. The topological polar surface area (TPSA) is 54.6 Å². The molecular formula is C27H40N6. The molecule has 0 aromatic heterocycles. The van der Waals surface area contributed by atoms with E-state index in [-0.39, 0.29) is 0 Å². The van der Waals surface area contributed by atoms with Crippen LogP contribution in [0.1, 0.15) is 49.0 Å². The Kier molecular flexibility index (Phi) is 7.40. The zero-order valence-electron chi connectivity index (χ0n) is 20.1. The van der Waals surface area contributed by atoms with Crippen molar-refractivity contribution in [3.8, 4) is 0 Å². The lowest BCUT2D eigenvalue weighted by molar-refractivity contribution is 0.132. The minimum Gasteiger partial charge on any atom is -0.301 e. The van der Waals surface area contributed by atoms with Gasteiger partial charge in [0.2, 0.25) is 0 Å². The normalized spacial score (nSPS) is 29.6. The van der Waals surface area contributed by atoms with E-state index in [1.54, 1.807) is 0 Å². The number of fused-ring (bicyclic) bond motifs is 1. The first-order chi connectivity index (χ1) is 16.2. The van der Waals surface area contributed by atoms with Gasteiger partial charge in [-0.05, 0) is 36.6 Å². The third kappa shape index (κ3) is 5.48. The summed E-state index contributed by atoms with van der Waals surface area (Å²) in [5, 5.41) is 15.0. The molecule has 4 N–H and O–H groups in total. The molecule has 0 aliphatic carbocycles. The zero-order chi connectivity index (χ0) is 22.6. The van der Waals surface area contributed by atoms with Crippen LogP contribution in [0.4, 0.5) is 0 Å². The zero-order valence-corrected chi connectivity index (χ0v) is 20.1. The number of hydrogen-bond acceptors (Lipinski definition) is 6. The third-order valence-electron chi connectivity index (χ3n) is 7.82. The van der Waals surface area contributed by atoms with Crippen molar-refractivity contribution in [3.63, 3.8) is 0 Å². The van der Waals surface area contributed by atoms with E-state index in [1.165, 1.54) is 49.4 Å². The van der Waals surface area contributed by atoms with Crippen molar-refractivity contribution in [1.82, 2.24) is 31.1 Å². The second-order valence-electron chi connectivity index (χ2n) is 9.91. The van der Waals surface area contributed by atoms with E-state index >= 15 is 0 Å². The number of rotatable bonds is 7. The van der Waals surface area contributed by atoms with Gasteiger partial charge in [-0.2, -0.15) is 0 Å². The Morgan fingerprint density at radius 3 is 2.39 bits per heavy atom. The van der Waals surface area contributed by atoms with E-state index in [0.29, 0.717) is 30.3 Å². The number of hydrogen-bond donors (Lipinski definition) is 4. The van der Waals surface area contributed by atoms with Crippen LogP contribution in [-0.4, -0.2) is 61.5 Å². The van der Waals surface area contributed by atoms with Gasteiger partial charge < -0.3 is 4.90 Å². The number of nitrogens with zero attached hydrogens (tertiary/aromatic N) is 2. The maximum Gasteiger partial charge on any atom is 0.0644 e. The molecule has 6 heteroatoms. The molecule has 0 saturated carbocycles. The second-order valence-corrected chi connectivity index (χ2v) is 9.91. The van der Waals surface area contributed by atoms with Crippen LogP contribution in [0, 0.1) is 5.92 Å². The predicted molar refractivity (Wildman–Crippen MR) is 135 cm³/mol. The summed E-state index contributed by atoms with van der Waals surface area (Å²) in [4.78, 5) is 5.12.